The van der Waals surface area contributed by atoms with E-state index >= 15 is 0 Å². The van der Waals surface area contributed by atoms with Gasteiger partial charge >= 0.3 is 0 Å². The van der Waals surface area contributed by atoms with Gasteiger partial charge in [-0.25, -0.2) is 0 Å². The van der Waals surface area contributed by atoms with Crippen LogP contribution in [0, 0.1) is 23.4 Å². The molecule has 60 valence electrons. The molecule has 11 heavy (non-hydrogen) atoms. The molecular formula is C8H12N2O. The molecule has 0 aromatic rings. The fourth-order valence-corrected chi connectivity index (χ4v) is 0.658. The SMILES string of the molecule is CC#CCCC(CN)OC#N. The van der Waals surface area contributed by atoms with Crippen LogP contribution in [0.1, 0.15) is 19.8 Å². The Labute approximate surface area is 67.1 Å². The number of nitrogens with two attached hydrogens (primary N) is 1. The van der Waals surface area contributed by atoms with Gasteiger partial charge in [-0.15, -0.1) is 11.8 Å². The number of nitriles is 1. The van der Waals surface area contributed by atoms with E-state index in [1.807, 2.05) is 0 Å². The lowest BCUT2D eigenvalue weighted by Crippen LogP contribution is -2.21. The largest absolute Gasteiger partial charge is 0.423 e. The van der Waals surface area contributed by atoms with Crippen LogP contribution in [-0.2, 0) is 4.74 Å². The molecule has 0 radical (unpaired) electrons. The van der Waals surface area contributed by atoms with Crippen molar-refractivity contribution < 1.29 is 4.74 Å². The van der Waals surface area contributed by atoms with Crippen LogP contribution >= 0.6 is 0 Å². The zero-order chi connectivity index (χ0) is 8.53. The summed E-state index contributed by atoms with van der Waals surface area (Å²) in [4.78, 5) is 0. The van der Waals surface area contributed by atoms with Crippen molar-refractivity contribution in [2.45, 2.75) is 25.9 Å². The normalized spacial score (nSPS) is 10.6. The van der Waals surface area contributed by atoms with E-state index in [2.05, 4.69) is 16.6 Å². The van der Waals surface area contributed by atoms with Gasteiger partial charge in [0.15, 0.2) is 0 Å². The lowest BCUT2D eigenvalue weighted by molar-refractivity contribution is 0.161. The van der Waals surface area contributed by atoms with Crippen LogP contribution in [0.2, 0.25) is 0 Å². The van der Waals surface area contributed by atoms with Crippen LogP contribution in [0.5, 0.6) is 0 Å². The van der Waals surface area contributed by atoms with Crippen molar-refractivity contribution in [2.24, 2.45) is 5.73 Å². The summed E-state index contributed by atoms with van der Waals surface area (Å²) in [5.74, 6) is 5.64. The molecule has 3 nitrogen and oxygen atoms in total. The summed E-state index contributed by atoms with van der Waals surface area (Å²) in [5, 5.41) is 8.16. The Kier molecular flexibility index (Phi) is 6.17. The minimum atomic E-state index is -0.166. The van der Waals surface area contributed by atoms with Crippen molar-refractivity contribution in [1.29, 1.82) is 5.26 Å². The number of hydrogen-bond donors (Lipinski definition) is 1. The van der Waals surface area contributed by atoms with Gasteiger partial charge in [0.1, 0.15) is 6.10 Å². The third-order valence-electron chi connectivity index (χ3n) is 1.25. The standard InChI is InChI=1S/C8H12N2O/c1-2-3-4-5-8(6-9)11-7-10/h8H,4-6,9H2,1H3. The highest BCUT2D eigenvalue weighted by Gasteiger charge is 2.04. The molecule has 2 N–H and O–H groups in total. The highest BCUT2D eigenvalue weighted by Crippen LogP contribution is 1.98. The molecular weight excluding hydrogens is 140 g/mol. The van der Waals surface area contributed by atoms with Gasteiger partial charge < -0.3 is 10.5 Å². The van der Waals surface area contributed by atoms with Gasteiger partial charge in [0.05, 0.1) is 0 Å². The van der Waals surface area contributed by atoms with Crippen molar-refractivity contribution in [3.8, 4) is 18.1 Å². The molecule has 0 aromatic carbocycles. The van der Waals surface area contributed by atoms with Crippen molar-refractivity contribution in [2.75, 3.05) is 6.54 Å². The molecule has 1 unspecified atom stereocenters. The number of hydrogen-bond acceptors (Lipinski definition) is 3. The number of rotatable bonds is 4. The summed E-state index contributed by atoms with van der Waals surface area (Å²) in [6, 6.07) is 0. The van der Waals surface area contributed by atoms with E-state index in [1.54, 1.807) is 13.2 Å². The lowest BCUT2D eigenvalue weighted by Gasteiger charge is -2.07. The second-order valence-electron chi connectivity index (χ2n) is 2.03. The summed E-state index contributed by atoms with van der Waals surface area (Å²) in [5.41, 5.74) is 5.32. The minimum Gasteiger partial charge on any atom is -0.423 e. The van der Waals surface area contributed by atoms with Crippen molar-refractivity contribution in [1.82, 2.24) is 0 Å². The first kappa shape index (κ1) is 9.81. The summed E-state index contributed by atoms with van der Waals surface area (Å²) >= 11 is 0. The highest BCUT2D eigenvalue weighted by atomic mass is 16.5. The van der Waals surface area contributed by atoms with Crippen molar-refractivity contribution >= 4 is 0 Å². The molecule has 0 aliphatic rings. The average Bonchev–Trinajstić information content (AvgIpc) is 2.03. The van der Waals surface area contributed by atoms with E-state index < -0.39 is 0 Å². The predicted octanol–water partition coefficient (Wildman–Crippen LogP) is 0.615. The maximum Gasteiger partial charge on any atom is 0.286 e. The average molecular weight is 152 g/mol. The van der Waals surface area contributed by atoms with E-state index in [9.17, 15) is 0 Å². The Balaban J connectivity index is 3.50. The van der Waals surface area contributed by atoms with Gasteiger partial charge in [-0.05, 0) is 13.3 Å². The minimum absolute atomic E-state index is 0.166. The molecule has 0 aliphatic heterocycles. The Morgan fingerprint density at radius 2 is 2.36 bits per heavy atom. The quantitative estimate of drug-likeness (QED) is 0.474. The molecule has 1 atom stereocenters. The van der Waals surface area contributed by atoms with E-state index in [4.69, 9.17) is 11.0 Å². The van der Waals surface area contributed by atoms with Gasteiger partial charge in [-0.3, -0.25) is 0 Å². The Morgan fingerprint density at radius 1 is 1.64 bits per heavy atom. The van der Waals surface area contributed by atoms with Crippen LogP contribution < -0.4 is 5.73 Å². The van der Waals surface area contributed by atoms with E-state index in [-0.39, 0.29) is 6.10 Å². The molecule has 3 heteroatoms. The van der Waals surface area contributed by atoms with Crippen molar-refractivity contribution in [3.63, 3.8) is 0 Å². The zero-order valence-corrected chi connectivity index (χ0v) is 6.63. The maximum atomic E-state index is 8.16. The van der Waals surface area contributed by atoms with Gasteiger partial charge in [-0.1, -0.05) is 0 Å². The first-order valence-corrected chi connectivity index (χ1v) is 3.49. The van der Waals surface area contributed by atoms with Crippen molar-refractivity contribution in [3.05, 3.63) is 0 Å². The molecule has 0 bridgehead atoms. The predicted molar refractivity (Wildman–Crippen MR) is 42.2 cm³/mol. The molecule has 0 saturated heterocycles. The molecule has 0 fully saturated rings. The third kappa shape index (κ3) is 5.26. The van der Waals surface area contributed by atoms with Crippen LogP contribution in [0.4, 0.5) is 0 Å². The van der Waals surface area contributed by atoms with Crippen LogP contribution in [0.3, 0.4) is 0 Å². The monoisotopic (exact) mass is 152 g/mol. The molecule has 0 amide bonds. The highest BCUT2D eigenvalue weighted by molar-refractivity contribution is 4.95. The van der Waals surface area contributed by atoms with Gasteiger partial charge in [-0.2, -0.15) is 5.26 Å². The van der Waals surface area contributed by atoms with Gasteiger partial charge in [0, 0.05) is 13.0 Å². The fourth-order valence-electron chi connectivity index (χ4n) is 0.658. The zero-order valence-electron chi connectivity index (χ0n) is 6.63. The summed E-state index contributed by atoms with van der Waals surface area (Å²) < 4.78 is 4.65. The summed E-state index contributed by atoms with van der Waals surface area (Å²) in [6.45, 7) is 2.15. The molecule has 0 saturated carbocycles. The van der Waals surface area contributed by atoms with E-state index in [0.29, 0.717) is 6.54 Å². The van der Waals surface area contributed by atoms with Crippen LogP contribution in [-0.4, -0.2) is 12.6 Å². The second kappa shape index (κ2) is 6.92. The topological polar surface area (TPSA) is 59.0 Å². The fraction of sp³-hybridized carbons (Fsp3) is 0.625. The van der Waals surface area contributed by atoms with E-state index in [1.165, 1.54) is 0 Å². The number of ether oxygens (including phenoxy) is 1. The third-order valence-corrected chi connectivity index (χ3v) is 1.25. The molecule has 0 spiro atoms. The molecule has 0 heterocycles. The molecule has 0 aliphatic carbocycles. The lowest BCUT2D eigenvalue weighted by atomic mass is 10.2. The molecule has 0 aromatic heterocycles. The Hall–Kier alpha value is -1.19. The second-order valence-corrected chi connectivity index (χ2v) is 2.03. The van der Waals surface area contributed by atoms with Gasteiger partial charge in [0.2, 0.25) is 0 Å². The number of nitrogens with zero attached hydrogens (tertiary/aromatic N) is 1. The Bertz CT molecular complexity index is 184. The van der Waals surface area contributed by atoms with Crippen LogP contribution in [0.15, 0.2) is 0 Å². The Morgan fingerprint density at radius 3 is 2.82 bits per heavy atom. The van der Waals surface area contributed by atoms with Gasteiger partial charge in [0.25, 0.3) is 6.26 Å². The summed E-state index contributed by atoms with van der Waals surface area (Å²) in [7, 11) is 0. The first-order chi connectivity index (χ1) is 5.35. The maximum absolute atomic E-state index is 8.16. The van der Waals surface area contributed by atoms with E-state index in [0.717, 1.165) is 12.8 Å². The molecule has 0 rings (SSSR count). The first-order valence-electron chi connectivity index (χ1n) is 3.49. The smallest absolute Gasteiger partial charge is 0.286 e. The van der Waals surface area contributed by atoms with Crippen LogP contribution in [0.25, 0.3) is 0 Å². The summed E-state index contributed by atoms with van der Waals surface area (Å²) in [6.07, 6.45) is 2.91.